The van der Waals surface area contributed by atoms with E-state index in [0.29, 0.717) is 6.54 Å². The van der Waals surface area contributed by atoms with Crippen LogP contribution in [-0.4, -0.2) is 29.3 Å². The molecule has 0 bridgehead atoms. The molecule has 2 aromatic carbocycles. The van der Waals surface area contributed by atoms with Gasteiger partial charge in [-0.1, -0.05) is 35.9 Å². The van der Waals surface area contributed by atoms with E-state index in [0.717, 1.165) is 29.6 Å². The molecule has 0 aliphatic rings. The van der Waals surface area contributed by atoms with Crippen molar-refractivity contribution < 1.29 is 0 Å². The van der Waals surface area contributed by atoms with Gasteiger partial charge in [-0.25, -0.2) is 4.68 Å². The Labute approximate surface area is 158 Å². The predicted octanol–water partition coefficient (Wildman–Crippen LogP) is 3.43. The summed E-state index contributed by atoms with van der Waals surface area (Å²) < 4.78 is 1.85. The van der Waals surface area contributed by atoms with Crippen LogP contribution < -0.4 is 10.6 Å². The fourth-order valence-corrected chi connectivity index (χ4v) is 2.74. The van der Waals surface area contributed by atoms with Crippen LogP contribution in [0.15, 0.2) is 72.0 Å². The van der Waals surface area contributed by atoms with Gasteiger partial charge in [-0.15, -0.1) is 0 Å². The van der Waals surface area contributed by atoms with Crippen molar-refractivity contribution in [2.45, 2.75) is 13.0 Å². The standard InChI is InChI=1S/C20H22ClN5/c1-22-20(23-12-10-16-6-8-18(21)9-7-16)24-15-17-4-2-5-19(14-17)26-13-3-11-25-26/h2-9,11,13-14H,10,12,15H2,1H3,(H2,22,23,24). The fraction of sp³-hybridized carbons (Fsp3) is 0.200. The van der Waals surface area contributed by atoms with E-state index in [9.17, 15) is 0 Å². The highest BCUT2D eigenvalue weighted by atomic mass is 35.5. The van der Waals surface area contributed by atoms with Crippen molar-refractivity contribution in [2.24, 2.45) is 4.99 Å². The Balaban J connectivity index is 1.49. The minimum Gasteiger partial charge on any atom is -0.356 e. The summed E-state index contributed by atoms with van der Waals surface area (Å²) in [5, 5.41) is 11.7. The van der Waals surface area contributed by atoms with E-state index in [1.807, 2.05) is 53.3 Å². The predicted molar refractivity (Wildman–Crippen MR) is 107 cm³/mol. The molecule has 1 heterocycles. The van der Waals surface area contributed by atoms with Gasteiger partial charge in [-0.2, -0.15) is 5.10 Å². The third-order valence-corrected chi connectivity index (χ3v) is 4.23. The van der Waals surface area contributed by atoms with Gasteiger partial charge in [-0.3, -0.25) is 4.99 Å². The molecule has 0 radical (unpaired) electrons. The topological polar surface area (TPSA) is 54.2 Å². The number of rotatable bonds is 6. The van der Waals surface area contributed by atoms with E-state index in [1.54, 1.807) is 13.2 Å². The molecule has 0 fully saturated rings. The molecule has 3 rings (SSSR count). The monoisotopic (exact) mass is 367 g/mol. The Bertz CT molecular complexity index is 841. The molecule has 0 amide bonds. The van der Waals surface area contributed by atoms with Crippen molar-refractivity contribution >= 4 is 17.6 Å². The minimum absolute atomic E-state index is 0.690. The lowest BCUT2D eigenvalue weighted by molar-refractivity contribution is 0.793. The number of guanidine groups is 1. The lowest BCUT2D eigenvalue weighted by Gasteiger charge is -2.12. The summed E-state index contributed by atoms with van der Waals surface area (Å²) in [6.45, 7) is 1.49. The number of hydrogen-bond acceptors (Lipinski definition) is 2. The summed E-state index contributed by atoms with van der Waals surface area (Å²) in [6.07, 6.45) is 4.62. The van der Waals surface area contributed by atoms with Gasteiger partial charge in [-0.05, 0) is 47.9 Å². The largest absolute Gasteiger partial charge is 0.356 e. The van der Waals surface area contributed by atoms with Gasteiger partial charge in [0.25, 0.3) is 0 Å². The number of nitrogens with zero attached hydrogens (tertiary/aromatic N) is 3. The van der Waals surface area contributed by atoms with Crippen molar-refractivity contribution in [1.82, 2.24) is 20.4 Å². The molecule has 2 N–H and O–H groups in total. The number of benzene rings is 2. The van der Waals surface area contributed by atoms with Crippen molar-refractivity contribution in [1.29, 1.82) is 0 Å². The van der Waals surface area contributed by atoms with Gasteiger partial charge in [0.15, 0.2) is 5.96 Å². The quantitative estimate of drug-likeness (QED) is 0.518. The van der Waals surface area contributed by atoms with E-state index < -0.39 is 0 Å². The lowest BCUT2D eigenvalue weighted by atomic mass is 10.1. The smallest absolute Gasteiger partial charge is 0.191 e. The highest BCUT2D eigenvalue weighted by molar-refractivity contribution is 6.30. The number of hydrogen-bond donors (Lipinski definition) is 2. The van der Waals surface area contributed by atoms with Crippen molar-refractivity contribution in [3.05, 3.63) is 83.1 Å². The van der Waals surface area contributed by atoms with Crippen LogP contribution in [0.5, 0.6) is 0 Å². The number of aliphatic imine (C=N–C) groups is 1. The highest BCUT2D eigenvalue weighted by Crippen LogP contribution is 2.10. The van der Waals surface area contributed by atoms with E-state index in [4.69, 9.17) is 11.6 Å². The molecule has 0 saturated heterocycles. The van der Waals surface area contributed by atoms with Crippen LogP contribution in [-0.2, 0) is 13.0 Å². The summed E-state index contributed by atoms with van der Waals surface area (Å²) in [7, 11) is 1.78. The lowest BCUT2D eigenvalue weighted by Crippen LogP contribution is -2.37. The average Bonchev–Trinajstić information content (AvgIpc) is 3.21. The highest BCUT2D eigenvalue weighted by Gasteiger charge is 2.01. The Morgan fingerprint density at radius 2 is 1.92 bits per heavy atom. The Hall–Kier alpha value is -2.79. The second-order valence-corrected chi connectivity index (χ2v) is 6.29. The zero-order valence-corrected chi connectivity index (χ0v) is 15.4. The first-order valence-electron chi connectivity index (χ1n) is 8.52. The molecule has 26 heavy (non-hydrogen) atoms. The van der Waals surface area contributed by atoms with Crippen molar-refractivity contribution in [2.75, 3.05) is 13.6 Å². The second kappa shape index (κ2) is 9.06. The maximum absolute atomic E-state index is 5.91. The van der Waals surface area contributed by atoms with Crippen LogP contribution >= 0.6 is 11.6 Å². The molecule has 5 nitrogen and oxygen atoms in total. The summed E-state index contributed by atoms with van der Waals surface area (Å²) in [4.78, 5) is 4.28. The maximum atomic E-state index is 5.91. The fourth-order valence-electron chi connectivity index (χ4n) is 2.61. The van der Waals surface area contributed by atoms with E-state index in [1.165, 1.54) is 11.1 Å². The zero-order valence-electron chi connectivity index (χ0n) is 14.7. The second-order valence-electron chi connectivity index (χ2n) is 5.85. The van der Waals surface area contributed by atoms with Crippen LogP contribution in [0.4, 0.5) is 0 Å². The molecule has 0 unspecified atom stereocenters. The summed E-state index contributed by atoms with van der Waals surface area (Å²) in [5.74, 6) is 0.781. The molecule has 0 aliphatic carbocycles. The van der Waals surface area contributed by atoms with Crippen LogP contribution in [0.25, 0.3) is 5.69 Å². The molecule has 3 aromatic rings. The van der Waals surface area contributed by atoms with Gasteiger partial charge in [0.2, 0.25) is 0 Å². The normalized spacial score (nSPS) is 11.4. The Morgan fingerprint density at radius 3 is 2.65 bits per heavy atom. The Morgan fingerprint density at radius 1 is 1.08 bits per heavy atom. The van der Waals surface area contributed by atoms with Crippen molar-refractivity contribution in [3.8, 4) is 5.69 Å². The number of nitrogens with one attached hydrogen (secondary N) is 2. The van der Waals surface area contributed by atoms with E-state index in [-0.39, 0.29) is 0 Å². The summed E-state index contributed by atoms with van der Waals surface area (Å²) in [6, 6.07) is 18.1. The van der Waals surface area contributed by atoms with Crippen molar-refractivity contribution in [3.63, 3.8) is 0 Å². The first-order valence-corrected chi connectivity index (χ1v) is 8.90. The van der Waals surface area contributed by atoms with Crippen LogP contribution in [0.2, 0.25) is 5.02 Å². The average molecular weight is 368 g/mol. The third-order valence-electron chi connectivity index (χ3n) is 3.98. The van der Waals surface area contributed by atoms with Gasteiger partial charge >= 0.3 is 0 Å². The van der Waals surface area contributed by atoms with Gasteiger partial charge in [0.05, 0.1) is 5.69 Å². The molecule has 0 spiro atoms. The zero-order chi connectivity index (χ0) is 18.2. The van der Waals surface area contributed by atoms with E-state index in [2.05, 4.69) is 32.9 Å². The van der Waals surface area contributed by atoms with Crippen LogP contribution in [0.3, 0.4) is 0 Å². The molecule has 134 valence electrons. The first kappa shape index (κ1) is 18.0. The first-order chi connectivity index (χ1) is 12.7. The van der Waals surface area contributed by atoms with Crippen LogP contribution in [0, 0.1) is 0 Å². The molecule has 1 aromatic heterocycles. The maximum Gasteiger partial charge on any atom is 0.191 e. The molecule has 0 atom stereocenters. The van der Waals surface area contributed by atoms with E-state index >= 15 is 0 Å². The van der Waals surface area contributed by atoms with Crippen LogP contribution in [0.1, 0.15) is 11.1 Å². The molecule has 0 aliphatic heterocycles. The van der Waals surface area contributed by atoms with Gasteiger partial charge in [0, 0.05) is 37.6 Å². The third kappa shape index (κ3) is 5.10. The summed E-state index contributed by atoms with van der Waals surface area (Å²) in [5.41, 5.74) is 3.45. The van der Waals surface area contributed by atoms with Gasteiger partial charge in [0.1, 0.15) is 0 Å². The SMILES string of the molecule is CN=C(NCCc1ccc(Cl)cc1)NCc1cccc(-n2cccn2)c1. The molecule has 0 saturated carbocycles. The molecular weight excluding hydrogens is 346 g/mol. The summed E-state index contributed by atoms with van der Waals surface area (Å²) >= 11 is 5.91. The Kier molecular flexibility index (Phi) is 6.28. The molecular formula is C20H22ClN5. The number of aromatic nitrogens is 2. The molecule has 6 heteroatoms. The number of halogens is 1. The van der Waals surface area contributed by atoms with Gasteiger partial charge < -0.3 is 10.6 Å². The minimum atomic E-state index is 0.690.